The molecule has 0 atom stereocenters. The van der Waals surface area contributed by atoms with Crippen molar-refractivity contribution in [3.8, 4) is 0 Å². The van der Waals surface area contributed by atoms with Crippen LogP contribution in [0.4, 0.5) is 15.8 Å². The smallest absolute Gasteiger partial charge is 0.125 e. The minimum atomic E-state index is -0.291. The molecule has 0 aliphatic carbocycles. The molecule has 0 radical (unpaired) electrons. The van der Waals surface area contributed by atoms with Crippen LogP contribution in [0.25, 0.3) is 0 Å². The van der Waals surface area contributed by atoms with Crippen molar-refractivity contribution in [2.24, 2.45) is 5.73 Å². The highest BCUT2D eigenvalue weighted by Crippen LogP contribution is 2.31. The highest BCUT2D eigenvalue weighted by molar-refractivity contribution is 9.10. The summed E-state index contributed by atoms with van der Waals surface area (Å²) in [6.07, 6.45) is 0. The van der Waals surface area contributed by atoms with Gasteiger partial charge < -0.3 is 10.6 Å². The minimum absolute atomic E-state index is 0.0117. The number of nitrogens with zero attached hydrogens (tertiary/aromatic N) is 1. The maximum atomic E-state index is 13.4. The van der Waals surface area contributed by atoms with E-state index in [0.29, 0.717) is 12.1 Å². The van der Waals surface area contributed by atoms with E-state index in [4.69, 9.17) is 11.1 Å². The van der Waals surface area contributed by atoms with Crippen LogP contribution in [0.15, 0.2) is 46.9 Å². The molecule has 3 nitrogen and oxygen atoms in total. The van der Waals surface area contributed by atoms with Gasteiger partial charge in [0, 0.05) is 22.3 Å². The van der Waals surface area contributed by atoms with Crippen molar-refractivity contribution >= 4 is 33.1 Å². The summed E-state index contributed by atoms with van der Waals surface area (Å²) in [7, 11) is 0. The van der Waals surface area contributed by atoms with Gasteiger partial charge in [0.15, 0.2) is 0 Å². The standard InChI is InChI=1S/C15H15BrFN3/c1-2-20(12-5-3-4-11(17)9-12)14-8-10(16)6-7-13(14)15(18)19/h3-9H,2H2,1H3,(H3,18,19). The van der Waals surface area contributed by atoms with Crippen LogP contribution in [-0.2, 0) is 0 Å². The van der Waals surface area contributed by atoms with Crippen LogP contribution >= 0.6 is 15.9 Å². The first-order valence-corrected chi connectivity index (χ1v) is 6.99. The lowest BCUT2D eigenvalue weighted by atomic mass is 10.1. The number of nitrogens with one attached hydrogen (secondary N) is 1. The van der Waals surface area contributed by atoms with Gasteiger partial charge in [0.25, 0.3) is 0 Å². The number of rotatable bonds is 4. The first-order valence-electron chi connectivity index (χ1n) is 6.20. The first kappa shape index (κ1) is 14.5. The molecule has 3 N–H and O–H groups in total. The lowest BCUT2D eigenvalue weighted by Crippen LogP contribution is -2.22. The van der Waals surface area contributed by atoms with Gasteiger partial charge in [0.1, 0.15) is 11.7 Å². The van der Waals surface area contributed by atoms with Gasteiger partial charge in [-0.3, -0.25) is 5.41 Å². The van der Waals surface area contributed by atoms with Crippen LogP contribution in [-0.4, -0.2) is 12.4 Å². The molecular formula is C15H15BrFN3. The Labute approximate surface area is 125 Å². The van der Waals surface area contributed by atoms with E-state index in [1.165, 1.54) is 12.1 Å². The van der Waals surface area contributed by atoms with Crippen LogP contribution in [0.2, 0.25) is 0 Å². The molecule has 20 heavy (non-hydrogen) atoms. The molecular weight excluding hydrogens is 321 g/mol. The van der Waals surface area contributed by atoms with E-state index in [-0.39, 0.29) is 11.7 Å². The van der Waals surface area contributed by atoms with Crippen molar-refractivity contribution in [2.45, 2.75) is 6.92 Å². The minimum Gasteiger partial charge on any atom is -0.384 e. The van der Waals surface area contributed by atoms with E-state index in [2.05, 4.69) is 15.9 Å². The zero-order valence-corrected chi connectivity index (χ0v) is 12.6. The van der Waals surface area contributed by atoms with E-state index in [0.717, 1.165) is 15.8 Å². The highest BCUT2D eigenvalue weighted by Gasteiger charge is 2.14. The second kappa shape index (κ2) is 6.05. The van der Waals surface area contributed by atoms with Crippen molar-refractivity contribution < 1.29 is 4.39 Å². The fourth-order valence-corrected chi connectivity index (χ4v) is 2.44. The average Bonchev–Trinajstić information content (AvgIpc) is 2.39. The van der Waals surface area contributed by atoms with Gasteiger partial charge in [-0.05, 0) is 43.3 Å². The van der Waals surface area contributed by atoms with Gasteiger partial charge in [-0.2, -0.15) is 0 Å². The van der Waals surface area contributed by atoms with Crippen molar-refractivity contribution in [2.75, 3.05) is 11.4 Å². The van der Waals surface area contributed by atoms with Crippen LogP contribution < -0.4 is 10.6 Å². The molecule has 2 rings (SSSR count). The molecule has 0 heterocycles. The molecule has 0 unspecified atom stereocenters. The number of nitrogen functional groups attached to an aromatic ring is 1. The molecule has 0 fully saturated rings. The second-order valence-corrected chi connectivity index (χ2v) is 5.21. The summed E-state index contributed by atoms with van der Waals surface area (Å²) in [5, 5.41) is 7.68. The van der Waals surface area contributed by atoms with E-state index >= 15 is 0 Å². The largest absolute Gasteiger partial charge is 0.384 e. The quantitative estimate of drug-likeness (QED) is 0.654. The van der Waals surface area contributed by atoms with Crippen LogP contribution in [0.3, 0.4) is 0 Å². The summed E-state index contributed by atoms with van der Waals surface area (Å²) in [6.45, 7) is 2.61. The van der Waals surface area contributed by atoms with Gasteiger partial charge in [-0.1, -0.05) is 22.0 Å². The molecule has 5 heteroatoms. The third-order valence-corrected chi connectivity index (χ3v) is 3.47. The normalized spacial score (nSPS) is 10.3. The monoisotopic (exact) mass is 335 g/mol. The van der Waals surface area contributed by atoms with Crippen molar-refractivity contribution in [1.82, 2.24) is 0 Å². The molecule has 0 spiro atoms. The van der Waals surface area contributed by atoms with Crippen LogP contribution in [0.5, 0.6) is 0 Å². The fourth-order valence-electron chi connectivity index (χ4n) is 2.09. The number of hydrogen-bond acceptors (Lipinski definition) is 2. The Bertz CT molecular complexity index is 643. The predicted molar refractivity (Wildman–Crippen MR) is 84.2 cm³/mol. The maximum Gasteiger partial charge on any atom is 0.125 e. The molecule has 0 aliphatic rings. The van der Waals surface area contributed by atoms with E-state index in [1.54, 1.807) is 12.1 Å². The van der Waals surface area contributed by atoms with Crippen LogP contribution in [0.1, 0.15) is 12.5 Å². The Morgan fingerprint density at radius 1 is 1.30 bits per heavy atom. The summed E-state index contributed by atoms with van der Waals surface area (Å²) in [5.41, 5.74) is 7.76. The molecule has 2 aromatic rings. The molecule has 0 amide bonds. The van der Waals surface area contributed by atoms with Gasteiger partial charge in [0.05, 0.1) is 5.69 Å². The second-order valence-electron chi connectivity index (χ2n) is 4.30. The molecule has 0 saturated heterocycles. The molecule has 0 bridgehead atoms. The summed E-state index contributed by atoms with van der Waals surface area (Å²) in [6, 6.07) is 11.9. The number of benzene rings is 2. The molecule has 0 aromatic heterocycles. The number of anilines is 2. The third-order valence-electron chi connectivity index (χ3n) is 2.98. The Hall–Kier alpha value is -1.88. The number of amidine groups is 1. The SMILES string of the molecule is CCN(c1cccc(F)c1)c1cc(Br)ccc1C(=N)N. The van der Waals surface area contributed by atoms with E-state index in [1.807, 2.05) is 30.0 Å². The Morgan fingerprint density at radius 3 is 2.65 bits per heavy atom. The van der Waals surface area contributed by atoms with Gasteiger partial charge >= 0.3 is 0 Å². The summed E-state index contributed by atoms with van der Waals surface area (Å²) < 4.78 is 14.3. The van der Waals surface area contributed by atoms with Crippen molar-refractivity contribution in [3.05, 3.63) is 58.3 Å². The lowest BCUT2D eigenvalue weighted by molar-refractivity contribution is 0.627. The predicted octanol–water partition coefficient (Wildman–Crippen LogP) is 4.03. The lowest BCUT2D eigenvalue weighted by Gasteiger charge is -2.26. The van der Waals surface area contributed by atoms with Gasteiger partial charge in [-0.15, -0.1) is 0 Å². The Balaban J connectivity index is 2.57. The maximum absolute atomic E-state index is 13.4. The molecule has 0 saturated carbocycles. The molecule has 0 aliphatic heterocycles. The summed E-state index contributed by atoms with van der Waals surface area (Å²) in [5.74, 6) is -0.303. The third kappa shape index (κ3) is 2.99. The summed E-state index contributed by atoms with van der Waals surface area (Å²) in [4.78, 5) is 1.92. The first-order chi connectivity index (χ1) is 9.52. The zero-order chi connectivity index (χ0) is 14.7. The van der Waals surface area contributed by atoms with E-state index < -0.39 is 0 Å². The van der Waals surface area contributed by atoms with Gasteiger partial charge in [0.2, 0.25) is 0 Å². The van der Waals surface area contributed by atoms with Crippen LogP contribution in [0, 0.1) is 11.2 Å². The van der Waals surface area contributed by atoms with Crippen molar-refractivity contribution in [1.29, 1.82) is 5.41 Å². The molecule has 104 valence electrons. The van der Waals surface area contributed by atoms with Crippen molar-refractivity contribution in [3.63, 3.8) is 0 Å². The number of nitrogens with two attached hydrogens (primary N) is 1. The molecule has 2 aromatic carbocycles. The number of hydrogen-bond donors (Lipinski definition) is 2. The zero-order valence-electron chi connectivity index (χ0n) is 11.0. The fraction of sp³-hybridized carbons (Fsp3) is 0.133. The summed E-state index contributed by atoms with van der Waals surface area (Å²) >= 11 is 3.42. The number of halogens is 2. The van der Waals surface area contributed by atoms with E-state index in [9.17, 15) is 4.39 Å². The van der Waals surface area contributed by atoms with Gasteiger partial charge in [-0.25, -0.2) is 4.39 Å². The Kier molecular flexibility index (Phi) is 4.39. The topological polar surface area (TPSA) is 53.1 Å². The highest BCUT2D eigenvalue weighted by atomic mass is 79.9. The Morgan fingerprint density at radius 2 is 2.05 bits per heavy atom. The average molecular weight is 336 g/mol.